The topological polar surface area (TPSA) is 67.9 Å². The van der Waals surface area contributed by atoms with Crippen molar-refractivity contribution in [2.75, 3.05) is 20.2 Å². The molecular weight excluding hydrogens is 380 g/mol. The zero-order valence-electron chi connectivity index (χ0n) is 17.8. The summed E-state index contributed by atoms with van der Waals surface area (Å²) in [4.78, 5) is 27.0. The lowest BCUT2D eigenvalue weighted by Gasteiger charge is -2.35. The average Bonchev–Trinajstić information content (AvgIpc) is 2.73. The normalized spacial score (nSPS) is 20.4. The summed E-state index contributed by atoms with van der Waals surface area (Å²) in [6.07, 6.45) is 0.532. The number of amides is 1. The van der Waals surface area contributed by atoms with Gasteiger partial charge in [-0.15, -0.1) is 0 Å². The van der Waals surface area contributed by atoms with Crippen LogP contribution in [0.1, 0.15) is 47.8 Å². The third-order valence-electron chi connectivity index (χ3n) is 5.22. The molecule has 1 amide bonds. The van der Waals surface area contributed by atoms with Crippen molar-refractivity contribution in [2.45, 2.75) is 45.1 Å². The first-order chi connectivity index (χ1) is 14.4. The van der Waals surface area contributed by atoms with Crippen molar-refractivity contribution < 1.29 is 19.1 Å². The van der Waals surface area contributed by atoms with Crippen molar-refractivity contribution in [3.63, 3.8) is 0 Å². The van der Waals surface area contributed by atoms with E-state index < -0.39 is 6.04 Å². The predicted octanol–water partition coefficient (Wildman–Crippen LogP) is 3.33. The summed E-state index contributed by atoms with van der Waals surface area (Å²) < 4.78 is 10.6. The fourth-order valence-electron chi connectivity index (χ4n) is 3.86. The van der Waals surface area contributed by atoms with Gasteiger partial charge in [-0.25, -0.2) is 0 Å². The van der Waals surface area contributed by atoms with E-state index in [9.17, 15) is 9.59 Å². The maximum atomic E-state index is 12.8. The number of carbonyl (C=O) groups excluding carboxylic acids is 2. The van der Waals surface area contributed by atoms with E-state index in [1.807, 2.05) is 54.6 Å². The smallest absolute Gasteiger partial charge is 0.307 e. The number of methoxy groups -OCH3 is 1. The molecule has 6 heteroatoms. The van der Waals surface area contributed by atoms with Crippen molar-refractivity contribution in [3.8, 4) is 0 Å². The molecule has 3 unspecified atom stereocenters. The number of hydrogen-bond acceptors (Lipinski definition) is 5. The van der Waals surface area contributed by atoms with Crippen LogP contribution >= 0.6 is 0 Å². The molecule has 0 aromatic heterocycles. The van der Waals surface area contributed by atoms with Crippen LogP contribution in [0.5, 0.6) is 0 Å². The summed E-state index contributed by atoms with van der Waals surface area (Å²) >= 11 is 0. The third kappa shape index (κ3) is 6.15. The molecule has 0 spiro atoms. The van der Waals surface area contributed by atoms with Crippen LogP contribution in [0.4, 0.5) is 0 Å². The predicted molar refractivity (Wildman–Crippen MR) is 115 cm³/mol. The number of nitrogens with one attached hydrogen (secondary N) is 1. The number of esters is 1. The first-order valence-corrected chi connectivity index (χ1v) is 10.3. The van der Waals surface area contributed by atoms with Crippen LogP contribution in [0.3, 0.4) is 0 Å². The Balaban J connectivity index is 1.64. The van der Waals surface area contributed by atoms with Crippen molar-refractivity contribution in [1.29, 1.82) is 0 Å². The zero-order chi connectivity index (χ0) is 21.5. The molecule has 160 valence electrons. The maximum absolute atomic E-state index is 12.8. The zero-order valence-corrected chi connectivity index (χ0v) is 17.8. The second-order valence-corrected chi connectivity index (χ2v) is 7.87. The summed E-state index contributed by atoms with van der Waals surface area (Å²) in [7, 11) is 1.35. The molecule has 1 heterocycles. The van der Waals surface area contributed by atoms with E-state index in [0.29, 0.717) is 5.56 Å². The fraction of sp³-hybridized carbons (Fsp3) is 0.417. The van der Waals surface area contributed by atoms with Crippen molar-refractivity contribution in [3.05, 3.63) is 71.3 Å². The van der Waals surface area contributed by atoms with Gasteiger partial charge in [-0.05, 0) is 37.1 Å². The molecule has 0 radical (unpaired) electrons. The minimum absolute atomic E-state index is 0.0811. The summed E-state index contributed by atoms with van der Waals surface area (Å²) in [5.41, 5.74) is 2.58. The maximum Gasteiger partial charge on any atom is 0.307 e. The quantitative estimate of drug-likeness (QED) is 0.709. The Morgan fingerprint density at radius 2 is 1.70 bits per heavy atom. The van der Waals surface area contributed by atoms with E-state index in [2.05, 4.69) is 24.1 Å². The third-order valence-corrected chi connectivity index (χ3v) is 5.22. The van der Waals surface area contributed by atoms with E-state index in [1.54, 1.807) is 0 Å². The molecule has 0 aliphatic carbocycles. The van der Waals surface area contributed by atoms with Crippen molar-refractivity contribution in [1.82, 2.24) is 10.2 Å². The first kappa shape index (κ1) is 22.0. The van der Waals surface area contributed by atoms with E-state index in [-0.39, 0.29) is 30.5 Å². The molecule has 0 bridgehead atoms. The monoisotopic (exact) mass is 410 g/mol. The SMILES string of the molecule is COC(=O)CC(NC(=O)c1ccc(CN2CC(C)OC(C)C2)cc1)c1ccccc1. The Labute approximate surface area is 178 Å². The lowest BCUT2D eigenvalue weighted by atomic mass is 10.0. The Kier molecular flexibility index (Phi) is 7.60. The Morgan fingerprint density at radius 3 is 2.30 bits per heavy atom. The molecular formula is C24H30N2O4. The van der Waals surface area contributed by atoms with Gasteiger partial charge in [0, 0.05) is 25.2 Å². The first-order valence-electron chi connectivity index (χ1n) is 10.3. The Bertz CT molecular complexity index is 828. The summed E-state index contributed by atoms with van der Waals surface area (Å²) in [6.45, 7) is 6.81. The molecule has 2 aromatic rings. The van der Waals surface area contributed by atoms with Gasteiger partial charge < -0.3 is 14.8 Å². The van der Waals surface area contributed by atoms with Crippen LogP contribution in [-0.2, 0) is 20.8 Å². The van der Waals surface area contributed by atoms with Gasteiger partial charge in [0.1, 0.15) is 0 Å². The molecule has 1 N–H and O–H groups in total. The van der Waals surface area contributed by atoms with Crippen LogP contribution in [0.2, 0.25) is 0 Å². The fourth-order valence-corrected chi connectivity index (χ4v) is 3.86. The molecule has 1 aliphatic rings. The number of morpholine rings is 1. The van der Waals surface area contributed by atoms with Crippen molar-refractivity contribution >= 4 is 11.9 Å². The summed E-state index contributed by atoms with van der Waals surface area (Å²) in [5, 5.41) is 2.96. The highest BCUT2D eigenvalue weighted by molar-refractivity contribution is 5.94. The molecule has 3 rings (SSSR count). The molecule has 1 saturated heterocycles. The standard InChI is InChI=1S/C24H30N2O4/c1-17-14-26(15-18(2)30-17)16-19-9-11-21(12-10-19)24(28)25-22(13-23(27)29-3)20-7-5-4-6-8-20/h4-12,17-18,22H,13-16H2,1-3H3,(H,25,28). The second-order valence-electron chi connectivity index (χ2n) is 7.87. The van der Waals surface area contributed by atoms with Crippen LogP contribution in [0.15, 0.2) is 54.6 Å². The summed E-state index contributed by atoms with van der Waals surface area (Å²) in [6, 6.07) is 16.6. The minimum Gasteiger partial charge on any atom is -0.469 e. The molecule has 6 nitrogen and oxygen atoms in total. The molecule has 30 heavy (non-hydrogen) atoms. The van der Waals surface area contributed by atoms with Gasteiger partial charge in [-0.3, -0.25) is 14.5 Å². The van der Waals surface area contributed by atoms with E-state index in [4.69, 9.17) is 9.47 Å². The second kappa shape index (κ2) is 10.4. The van der Waals surface area contributed by atoms with Gasteiger partial charge in [0.2, 0.25) is 0 Å². The molecule has 2 aromatic carbocycles. The number of rotatable bonds is 7. The van der Waals surface area contributed by atoms with Gasteiger partial charge in [-0.2, -0.15) is 0 Å². The number of hydrogen-bond donors (Lipinski definition) is 1. The largest absolute Gasteiger partial charge is 0.469 e. The number of ether oxygens (including phenoxy) is 2. The lowest BCUT2D eigenvalue weighted by Crippen LogP contribution is -2.44. The average molecular weight is 411 g/mol. The van der Waals surface area contributed by atoms with Gasteiger partial charge in [0.05, 0.1) is 31.8 Å². The molecule has 0 saturated carbocycles. The Morgan fingerprint density at radius 1 is 1.07 bits per heavy atom. The van der Waals surface area contributed by atoms with Crippen LogP contribution in [-0.4, -0.2) is 49.2 Å². The minimum atomic E-state index is -0.442. The highest BCUT2D eigenvalue weighted by atomic mass is 16.5. The van der Waals surface area contributed by atoms with Crippen LogP contribution < -0.4 is 5.32 Å². The lowest BCUT2D eigenvalue weighted by molar-refractivity contribution is -0.141. The van der Waals surface area contributed by atoms with Gasteiger partial charge in [0.15, 0.2) is 0 Å². The number of carbonyl (C=O) groups is 2. The van der Waals surface area contributed by atoms with Gasteiger partial charge >= 0.3 is 5.97 Å². The van der Waals surface area contributed by atoms with E-state index in [0.717, 1.165) is 30.8 Å². The van der Waals surface area contributed by atoms with Gasteiger partial charge in [-0.1, -0.05) is 42.5 Å². The molecule has 1 aliphatic heterocycles. The van der Waals surface area contributed by atoms with Crippen LogP contribution in [0, 0.1) is 0 Å². The van der Waals surface area contributed by atoms with Crippen LogP contribution in [0.25, 0.3) is 0 Å². The number of nitrogens with zero attached hydrogens (tertiary/aromatic N) is 1. The van der Waals surface area contributed by atoms with E-state index >= 15 is 0 Å². The molecule has 3 atom stereocenters. The van der Waals surface area contributed by atoms with E-state index in [1.165, 1.54) is 7.11 Å². The molecule has 1 fully saturated rings. The highest BCUT2D eigenvalue weighted by Gasteiger charge is 2.22. The summed E-state index contributed by atoms with van der Waals surface area (Å²) in [5.74, 6) is -0.582. The Hall–Kier alpha value is -2.70. The number of benzene rings is 2. The van der Waals surface area contributed by atoms with Gasteiger partial charge in [0.25, 0.3) is 5.91 Å². The highest BCUT2D eigenvalue weighted by Crippen LogP contribution is 2.19. The van der Waals surface area contributed by atoms with Crippen molar-refractivity contribution in [2.24, 2.45) is 0 Å².